The Bertz CT molecular complexity index is 552. The average molecular weight is 240 g/mol. The molecule has 0 bridgehead atoms. The summed E-state index contributed by atoms with van der Waals surface area (Å²) in [5, 5.41) is 8.52. The third-order valence-corrected chi connectivity index (χ3v) is 3.47. The van der Waals surface area contributed by atoms with Crippen molar-refractivity contribution >= 4 is 0 Å². The first-order valence-electron chi connectivity index (χ1n) is 6.38. The largest absolute Gasteiger partial charge is 0.479 e. The van der Waals surface area contributed by atoms with E-state index >= 15 is 0 Å². The molecule has 2 aromatic rings. The van der Waals surface area contributed by atoms with E-state index in [1.54, 1.807) is 7.11 Å². The molecular formula is C15H16N2O. The van der Waals surface area contributed by atoms with Crippen molar-refractivity contribution < 1.29 is 4.74 Å². The Morgan fingerprint density at radius 3 is 2.56 bits per heavy atom. The van der Waals surface area contributed by atoms with Crippen LogP contribution in [0.25, 0.3) is 11.1 Å². The smallest absolute Gasteiger partial charge is 0.241 e. The van der Waals surface area contributed by atoms with Gasteiger partial charge in [-0.25, -0.2) is 0 Å². The molecule has 0 unspecified atom stereocenters. The maximum absolute atomic E-state index is 5.39. The molecule has 1 aliphatic rings. The summed E-state index contributed by atoms with van der Waals surface area (Å²) in [6.07, 6.45) is 4.54. The monoisotopic (exact) mass is 240 g/mol. The van der Waals surface area contributed by atoms with Crippen LogP contribution < -0.4 is 4.74 Å². The molecule has 0 amide bonds. The Hall–Kier alpha value is -1.90. The van der Waals surface area contributed by atoms with Crippen molar-refractivity contribution in [1.29, 1.82) is 0 Å². The maximum atomic E-state index is 5.39. The SMILES string of the molecule is COc1nnc2c(c1-c1ccccc1)CCCC2. The molecule has 3 nitrogen and oxygen atoms in total. The summed E-state index contributed by atoms with van der Waals surface area (Å²) < 4.78 is 5.39. The minimum absolute atomic E-state index is 0.641. The highest BCUT2D eigenvalue weighted by molar-refractivity contribution is 5.73. The molecule has 0 spiro atoms. The van der Waals surface area contributed by atoms with Crippen LogP contribution in [-0.2, 0) is 12.8 Å². The van der Waals surface area contributed by atoms with Crippen LogP contribution in [0.5, 0.6) is 5.88 Å². The number of benzene rings is 1. The second kappa shape index (κ2) is 4.77. The van der Waals surface area contributed by atoms with E-state index < -0.39 is 0 Å². The second-order valence-corrected chi connectivity index (χ2v) is 4.58. The molecule has 92 valence electrons. The first kappa shape index (κ1) is 11.2. The summed E-state index contributed by atoms with van der Waals surface area (Å²) >= 11 is 0. The quantitative estimate of drug-likeness (QED) is 0.809. The van der Waals surface area contributed by atoms with E-state index in [9.17, 15) is 0 Å². The molecule has 0 atom stereocenters. The Morgan fingerprint density at radius 2 is 1.78 bits per heavy atom. The van der Waals surface area contributed by atoms with E-state index in [1.165, 1.54) is 24.0 Å². The molecule has 0 aliphatic heterocycles. The Labute approximate surface area is 107 Å². The van der Waals surface area contributed by atoms with Crippen LogP contribution in [0.15, 0.2) is 30.3 Å². The summed E-state index contributed by atoms with van der Waals surface area (Å²) in [4.78, 5) is 0. The van der Waals surface area contributed by atoms with Crippen molar-refractivity contribution in [2.75, 3.05) is 7.11 Å². The standard InChI is InChI=1S/C15H16N2O/c1-18-15-14(11-7-3-2-4-8-11)12-9-5-6-10-13(12)16-17-15/h2-4,7-8H,5-6,9-10H2,1H3. The van der Waals surface area contributed by atoms with Crippen molar-refractivity contribution in [2.24, 2.45) is 0 Å². The second-order valence-electron chi connectivity index (χ2n) is 4.58. The van der Waals surface area contributed by atoms with Crippen LogP contribution in [0.4, 0.5) is 0 Å². The zero-order chi connectivity index (χ0) is 12.4. The lowest BCUT2D eigenvalue weighted by molar-refractivity contribution is 0.391. The molecule has 0 saturated carbocycles. The van der Waals surface area contributed by atoms with Gasteiger partial charge in [0.2, 0.25) is 5.88 Å². The molecule has 0 N–H and O–H groups in total. The van der Waals surface area contributed by atoms with Gasteiger partial charge >= 0.3 is 0 Å². The number of hydrogen-bond donors (Lipinski definition) is 0. The molecule has 0 saturated heterocycles. The Kier molecular flexibility index (Phi) is 2.97. The summed E-state index contributed by atoms with van der Waals surface area (Å²) in [5.74, 6) is 0.641. The average Bonchev–Trinajstić information content (AvgIpc) is 2.47. The third kappa shape index (κ3) is 1.86. The van der Waals surface area contributed by atoms with Crippen molar-refractivity contribution in [3.8, 4) is 17.0 Å². The van der Waals surface area contributed by atoms with Gasteiger partial charge < -0.3 is 4.74 Å². The minimum Gasteiger partial charge on any atom is -0.479 e. The number of fused-ring (bicyclic) bond motifs is 1. The number of hydrogen-bond acceptors (Lipinski definition) is 3. The molecule has 1 aromatic carbocycles. The number of rotatable bonds is 2. The lowest BCUT2D eigenvalue weighted by atomic mass is 9.90. The van der Waals surface area contributed by atoms with Crippen LogP contribution in [0.3, 0.4) is 0 Å². The molecule has 1 heterocycles. The maximum Gasteiger partial charge on any atom is 0.241 e. The van der Waals surface area contributed by atoms with Gasteiger partial charge in [-0.15, -0.1) is 5.10 Å². The van der Waals surface area contributed by atoms with Gasteiger partial charge in [-0.1, -0.05) is 30.3 Å². The normalized spacial score (nSPS) is 14.1. The highest BCUT2D eigenvalue weighted by Gasteiger charge is 2.20. The van der Waals surface area contributed by atoms with E-state index in [4.69, 9.17) is 4.74 Å². The summed E-state index contributed by atoms with van der Waals surface area (Å²) in [5.41, 5.74) is 4.76. The third-order valence-electron chi connectivity index (χ3n) is 3.47. The number of nitrogens with zero attached hydrogens (tertiary/aromatic N) is 2. The number of ether oxygens (including phenoxy) is 1. The van der Waals surface area contributed by atoms with Gasteiger partial charge in [-0.05, 0) is 36.8 Å². The van der Waals surface area contributed by atoms with Crippen LogP contribution >= 0.6 is 0 Å². The number of aryl methyl sites for hydroxylation is 1. The number of methoxy groups -OCH3 is 1. The zero-order valence-corrected chi connectivity index (χ0v) is 10.5. The van der Waals surface area contributed by atoms with Gasteiger partial charge in [0.1, 0.15) is 0 Å². The van der Waals surface area contributed by atoms with E-state index in [-0.39, 0.29) is 0 Å². The molecule has 0 fully saturated rings. The Balaban J connectivity index is 2.22. The fourth-order valence-electron chi connectivity index (χ4n) is 2.60. The molecule has 1 aromatic heterocycles. The van der Waals surface area contributed by atoms with Gasteiger partial charge in [0.25, 0.3) is 0 Å². The van der Waals surface area contributed by atoms with Crippen molar-refractivity contribution in [1.82, 2.24) is 10.2 Å². The van der Waals surface area contributed by atoms with Crippen molar-refractivity contribution in [3.05, 3.63) is 41.6 Å². The van der Waals surface area contributed by atoms with Crippen LogP contribution in [0, 0.1) is 0 Å². The van der Waals surface area contributed by atoms with Crippen LogP contribution in [-0.4, -0.2) is 17.3 Å². The van der Waals surface area contributed by atoms with Crippen molar-refractivity contribution in [2.45, 2.75) is 25.7 Å². The highest BCUT2D eigenvalue weighted by atomic mass is 16.5. The first-order valence-corrected chi connectivity index (χ1v) is 6.38. The fourth-order valence-corrected chi connectivity index (χ4v) is 2.60. The van der Waals surface area contributed by atoms with Gasteiger partial charge in [-0.2, -0.15) is 5.10 Å². The molecule has 3 heteroatoms. The lowest BCUT2D eigenvalue weighted by Crippen LogP contribution is -2.10. The highest BCUT2D eigenvalue weighted by Crippen LogP contribution is 2.35. The Morgan fingerprint density at radius 1 is 1.00 bits per heavy atom. The predicted molar refractivity (Wildman–Crippen MR) is 70.7 cm³/mol. The van der Waals surface area contributed by atoms with Crippen molar-refractivity contribution in [3.63, 3.8) is 0 Å². The topological polar surface area (TPSA) is 35.0 Å². The molecule has 1 aliphatic carbocycles. The summed E-state index contributed by atoms with van der Waals surface area (Å²) in [6, 6.07) is 10.3. The zero-order valence-electron chi connectivity index (χ0n) is 10.5. The fraction of sp³-hybridized carbons (Fsp3) is 0.333. The van der Waals surface area contributed by atoms with Crippen LogP contribution in [0.1, 0.15) is 24.1 Å². The van der Waals surface area contributed by atoms with E-state index in [2.05, 4.69) is 22.3 Å². The molecule has 3 rings (SSSR count). The van der Waals surface area contributed by atoms with E-state index in [1.807, 2.05) is 18.2 Å². The van der Waals surface area contributed by atoms with Gasteiger partial charge in [0.15, 0.2) is 0 Å². The summed E-state index contributed by atoms with van der Waals surface area (Å²) in [6.45, 7) is 0. The van der Waals surface area contributed by atoms with E-state index in [0.29, 0.717) is 5.88 Å². The van der Waals surface area contributed by atoms with E-state index in [0.717, 1.165) is 24.1 Å². The lowest BCUT2D eigenvalue weighted by Gasteiger charge is -2.19. The van der Waals surface area contributed by atoms with Gasteiger partial charge in [0.05, 0.1) is 18.4 Å². The predicted octanol–water partition coefficient (Wildman–Crippen LogP) is 3.03. The van der Waals surface area contributed by atoms with Gasteiger partial charge in [0, 0.05) is 0 Å². The first-order chi connectivity index (χ1) is 8.90. The number of aromatic nitrogens is 2. The van der Waals surface area contributed by atoms with Crippen LogP contribution in [0.2, 0.25) is 0 Å². The summed E-state index contributed by atoms with van der Waals surface area (Å²) in [7, 11) is 1.66. The minimum atomic E-state index is 0.641. The molecule has 18 heavy (non-hydrogen) atoms. The van der Waals surface area contributed by atoms with Gasteiger partial charge in [-0.3, -0.25) is 0 Å². The molecule has 0 radical (unpaired) electrons. The molecular weight excluding hydrogens is 224 g/mol.